The van der Waals surface area contributed by atoms with Crippen molar-refractivity contribution in [3.63, 3.8) is 0 Å². The molecule has 0 saturated heterocycles. The van der Waals surface area contributed by atoms with Crippen LogP contribution < -0.4 is 24.3 Å². The van der Waals surface area contributed by atoms with Crippen LogP contribution in [0.5, 0.6) is 23.0 Å². The van der Waals surface area contributed by atoms with Crippen molar-refractivity contribution in [2.24, 2.45) is 0 Å². The van der Waals surface area contributed by atoms with Crippen molar-refractivity contribution in [3.05, 3.63) is 58.0 Å². The largest absolute Gasteiger partial charge is 0.493 e. The van der Waals surface area contributed by atoms with Gasteiger partial charge in [0.25, 0.3) is 5.91 Å². The molecule has 0 spiro atoms. The number of ether oxygens (including phenoxy) is 5. The number of benzene rings is 2. The number of carboxylic acid groups (broad SMARTS) is 1. The minimum atomic E-state index is -1.47. The van der Waals surface area contributed by atoms with Crippen LogP contribution in [0.4, 0.5) is 10.2 Å². The highest BCUT2D eigenvalue weighted by molar-refractivity contribution is 6.05. The second-order valence-electron chi connectivity index (χ2n) is 11.9. The van der Waals surface area contributed by atoms with E-state index in [2.05, 4.69) is 15.4 Å². The highest BCUT2D eigenvalue weighted by Gasteiger charge is 2.35. The predicted molar refractivity (Wildman–Crippen MR) is 167 cm³/mol. The second kappa shape index (κ2) is 12.5. The molecular formula is C33H37FN4O8. The van der Waals surface area contributed by atoms with E-state index in [0.29, 0.717) is 64.7 Å². The Labute approximate surface area is 265 Å². The van der Waals surface area contributed by atoms with Crippen molar-refractivity contribution in [3.8, 4) is 34.3 Å². The fraction of sp³-hybridized carbons (Fsp3) is 0.394. The van der Waals surface area contributed by atoms with Crippen molar-refractivity contribution in [2.45, 2.75) is 59.2 Å². The van der Waals surface area contributed by atoms with Gasteiger partial charge in [-0.25, -0.2) is 18.7 Å². The third-order valence-electron chi connectivity index (χ3n) is 7.65. The van der Waals surface area contributed by atoms with E-state index in [0.717, 1.165) is 0 Å². The van der Waals surface area contributed by atoms with E-state index in [-0.39, 0.29) is 28.4 Å². The van der Waals surface area contributed by atoms with Gasteiger partial charge in [-0.1, -0.05) is 0 Å². The van der Waals surface area contributed by atoms with Gasteiger partial charge in [-0.2, -0.15) is 0 Å². The van der Waals surface area contributed by atoms with Crippen LogP contribution in [0.2, 0.25) is 0 Å². The zero-order chi connectivity index (χ0) is 33.5. The number of carboxylic acids is 1. The molecule has 1 aliphatic rings. The number of aromatic nitrogens is 3. The zero-order valence-corrected chi connectivity index (χ0v) is 27.0. The Hall–Kier alpha value is -4.91. The number of methoxy groups -OCH3 is 3. The molecule has 5 rings (SSSR count). The van der Waals surface area contributed by atoms with Gasteiger partial charge in [0, 0.05) is 34.0 Å². The number of aliphatic carboxylic acids is 1. The van der Waals surface area contributed by atoms with E-state index in [1.807, 2.05) is 6.92 Å². The standard InChI is InChI=1S/C33H37FN4O8/c1-16-19-10-9-11-45-28(19)21(34)14-20(16)27-26(30(32(40)41)46-33(3,4)5)17(2)35-25-15-24(37-38(25)27)36-31(39)18-12-22(42-6)29(44-8)23(13-18)43-7/h12-15,30H,9-11H2,1-8H3,(H,40,41)(H,36,37,39)/t30-/m0/s1. The molecule has 1 aliphatic heterocycles. The number of halogens is 1. The Morgan fingerprint density at radius 1 is 1.07 bits per heavy atom. The minimum absolute atomic E-state index is 0.118. The molecule has 3 heterocycles. The summed E-state index contributed by atoms with van der Waals surface area (Å²) in [6.45, 7) is 9.14. The molecule has 0 radical (unpaired) electrons. The Bertz CT molecular complexity index is 1820. The first-order valence-corrected chi connectivity index (χ1v) is 14.6. The first-order valence-electron chi connectivity index (χ1n) is 14.6. The Morgan fingerprint density at radius 2 is 1.74 bits per heavy atom. The number of amides is 1. The van der Waals surface area contributed by atoms with Crippen molar-refractivity contribution < 1.29 is 42.8 Å². The normalized spacial score (nSPS) is 13.5. The lowest BCUT2D eigenvalue weighted by Crippen LogP contribution is -2.29. The molecule has 0 unspecified atom stereocenters. The van der Waals surface area contributed by atoms with Crippen molar-refractivity contribution in [1.82, 2.24) is 14.6 Å². The van der Waals surface area contributed by atoms with Gasteiger partial charge in [0.05, 0.1) is 39.2 Å². The fourth-order valence-electron chi connectivity index (χ4n) is 5.66. The molecule has 13 heteroatoms. The molecule has 4 aromatic rings. The van der Waals surface area contributed by atoms with E-state index < -0.39 is 29.4 Å². The first-order chi connectivity index (χ1) is 21.8. The lowest BCUT2D eigenvalue weighted by atomic mass is 9.91. The molecule has 2 aromatic heterocycles. The van der Waals surface area contributed by atoms with E-state index in [4.69, 9.17) is 23.7 Å². The molecule has 0 saturated carbocycles. The number of anilines is 1. The number of carbonyl (C=O) groups excluding carboxylic acids is 1. The molecule has 0 aliphatic carbocycles. The van der Waals surface area contributed by atoms with Crippen molar-refractivity contribution in [2.75, 3.05) is 33.3 Å². The summed E-state index contributed by atoms with van der Waals surface area (Å²) < 4.78 is 44.8. The number of nitrogens with zero attached hydrogens (tertiary/aromatic N) is 3. The van der Waals surface area contributed by atoms with Crippen LogP contribution in [-0.4, -0.2) is 65.1 Å². The van der Waals surface area contributed by atoms with Crippen LogP contribution in [0, 0.1) is 19.7 Å². The van der Waals surface area contributed by atoms with Crippen LogP contribution in [0.3, 0.4) is 0 Å². The molecular weight excluding hydrogens is 599 g/mol. The lowest BCUT2D eigenvalue weighted by molar-refractivity contribution is -0.160. The molecule has 1 atom stereocenters. The van der Waals surface area contributed by atoms with Gasteiger partial charge in [0.2, 0.25) is 5.75 Å². The minimum Gasteiger partial charge on any atom is -0.493 e. The maximum absolute atomic E-state index is 15.6. The van der Waals surface area contributed by atoms with Crippen molar-refractivity contribution >= 4 is 23.3 Å². The molecule has 2 aromatic carbocycles. The molecule has 46 heavy (non-hydrogen) atoms. The highest BCUT2D eigenvalue weighted by atomic mass is 19.1. The van der Waals surface area contributed by atoms with Gasteiger partial charge in [-0.05, 0) is 71.2 Å². The third-order valence-corrected chi connectivity index (χ3v) is 7.65. The summed E-state index contributed by atoms with van der Waals surface area (Å²) in [6, 6.07) is 5.87. The average Bonchev–Trinajstić information content (AvgIpc) is 3.41. The predicted octanol–water partition coefficient (Wildman–Crippen LogP) is 5.70. The lowest BCUT2D eigenvalue weighted by Gasteiger charge is -2.28. The van der Waals surface area contributed by atoms with Crippen LogP contribution in [0.1, 0.15) is 66.0 Å². The van der Waals surface area contributed by atoms with E-state index in [9.17, 15) is 14.7 Å². The van der Waals surface area contributed by atoms with Gasteiger partial charge in [-0.3, -0.25) is 4.79 Å². The van der Waals surface area contributed by atoms with Gasteiger partial charge >= 0.3 is 5.97 Å². The summed E-state index contributed by atoms with van der Waals surface area (Å²) in [4.78, 5) is 30.8. The Balaban J connectivity index is 1.71. The Morgan fingerprint density at radius 3 is 2.33 bits per heavy atom. The highest BCUT2D eigenvalue weighted by Crippen LogP contribution is 2.42. The quantitative estimate of drug-likeness (QED) is 0.235. The fourth-order valence-corrected chi connectivity index (χ4v) is 5.66. The number of nitrogens with one attached hydrogen (secondary N) is 1. The van der Waals surface area contributed by atoms with E-state index in [1.54, 1.807) is 33.8 Å². The SMILES string of the molecule is COc1cc(C(=O)Nc2cc3nc(C)c([C@H](OC(C)(C)C)C(=O)O)c(-c4cc(F)c5c(c4C)CCCO5)n3n2)cc(OC)c1OC. The topological polar surface area (TPSA) is 143 Å². The van der Waals surface area contributed by atoms with Crippen LogP contribution in [0.25, 0.3) is 16.9 Å². The van der Waals surface area contributed by atoms with Crippen LogP contribution >= 0.6 is 0 Å². The average molecular weight is 637 g/mol. The summed E-state index contributed by atoms with van der Waals surface area (Å²) in [7, 11) is 4.35. The van der Waals surface area contributed by atoms with Gasteiger partial charge in [-0.15, -0.1) is 5.10 Å². The molecule has 1 amide bonds. The number of rotatable bonds is 9. The zero-order valence-electron chi connectivity index (χ0n) is 27.0. The summed E-state index contributed by atoms with van der Waals surface area (Å²) in [6.07, 6.45) is -0.175. The first kappa shape index (κ1) is 32.5. The van der Waals surface area contributed by atoms with Gasteiger partial charge < -0.3 is 34.1 Å². The van der Waals surface area contributed by atoms with E-state index >= 15 is 4.39 Å². The van der Waals surface area contributed by atoms with E-state index in [1.165, 1.54) is 44.0 Å². The maximum atomic E-state index is 15.6. The number of hydrogen-bond acceptors (Lipinski definition) is 9. The second-order valence-corrected chi connectivity index (χ2v) is 11.9. The number of aryl methyl sites for hydroxylation is 1. The smallest absolute Gasteiger partial charge is 0.337 e. The molecule has 0 bridgehead atoms. The summed E-state index contributed by atoms with van der Waals surface area (Å²) in [5.74, 6) is -1.14. The number of fused-ring (bicyclic) bond motifs is 2. The molecule has 2 N–H and O–H groups in total. The summed E-state index contributed by atoms with van der Waals surface area (Å²) in [5.41, 5.74) is 2.28. The van der Waals surface area contributed by atoms with Gasteiger partial charge in [0.15, 0.2) is 40.6 Å². The molecule has 244 valence electrons. The monoisotopic (exact) mass is 636 g/mol. The Kier molecular flexibility index (Phi) is 8.81. The van der Waals surface area contributed by atoms with Crippen molar-refractivity contribution in [1.29, 1.82) is 0 Å². The maximum Gasteiger partial charge on any atom is 0.337 e. The van der Waals surface area contributed by atoms with Crippen LogP contribution in [-0.2, 0) is 16.0 Å². The number of hydrogen-bond donors (Lipinski definition) is 2. The third kappa shape index (κ3) is 6.02. The van der Waals surface area contributed by atoms with Gasteiger partial charge in [0.1, 0.15) is 0 Å². The summed E-state index contributed by atoms with van der Waals surface area (Å²) >= 11 is 0. The summed E-state index contributed by atoms with van der Waals surface area (Å²) in [5, 5.41) is 17.8. The number of carbonyl (C=O) groups is 2. The molecule has 0 fully saturated rings. The molecule has 12 nitrogen and oxygen atoms in total. The van der Waals surface area contributed by atoms with Crippen LogP contribution in [0.15, 0.2) is 24.3 Å².